The summed E-state index contributed by atoms with van der Waals surface area (Å²) in [6.07, 6.45) is 1.45. The Balaban J connectivity index is 2.33. The van der Waals surface area contributed by atoms with Crippen LogP contribution < -0.4 is 5.32 Å². The van der Waals surface area contributed by atoms with Crippen molar-refractivity contribution < 1.29 is 9.53 Å². The number of ether oxygens (including phenoxy) is 1. The molecule has 0 radical (unpaired) electrons. The fraction of sp³-hybridized carbons (Fsp3) is 0.800. The molecule has 2 saturated heterocycles. The number of carbonyl (C=O) groups excluding carboxylic acids is 1. The van der Waals surface area contributed by atoms with E-state index in [4.69, 9.17) is 10.1 Å². The first-order valence-electron chi connectivity index (χ1n) is 5.35. The lowest BCUT2D eigenvalue weighted by Crippen LogP contribution is -2.55. The Labute approximate surface area is 89.3 Å². The maximum Gasteiger partial charge on any atom is 0.323 e. The van der Waals surface area contributed by atoms with Crippen molar-refractivity contribution in [3.8, 4) is 0 Å². The third-order valence-corrected chi connectivity index (χ3v) is 3.21. The van der Waals surface area contributed by atoms with Crippen molar-refractivity contribution in [3.63, 3.8) is 0 Å². The van der Waals surface area contributed by atoms with E-state index < -0.39 is 5.54 Å². The van der Waals surface area contributed by atoms with Gasteiger partial charge in [-0.3, -0.25) is 10.7 Å². The van der Waals surface area contributed by atoms with Crippen LogP contribution in [0.1, 0.15) is 26.7 Å². The molecule has 84 valence electrons. The molecule has 15 heavy (non-hydrogen) atoms. The Kier molecular flexibility index (Phi) is 2.42. The van der Waals surface area contributed by atoms with Crippen molar-refractivity contribution in [2.45, 2.75) is 38.3 Å². The van der Waals surface area contributed by atoms with Crippen LogP contribution in [0.5, 0.6) is 0 Å². The number of carbonyl (C=O) groups is 1. The monoisotopic (exact) mass is 211 g/mol. The number of hydrogen-bond acceptors (Lipinski definition) is 3. The molecule has 2 amide bonds. The topological polar surface area (TPSA) is 65.4 Å². The van der Waals surface area contributed by atoms with Crippen LogP contribution in [0.4, 0.5) is 4.79 Å². The third kappa shape index (κ3) is 1.42. The molecule has 2 N–H and O–H groups in total. The molecule has 0 bridgehead atoms. The molecule has 0 aliphatic carbocycles. The lowest BCUT2D eigenvalue weighted by Gasteiger charge is -2.41. The standard InChI is InChI=1S/C10H17N3O2/c1-7(2)13-9(14)12-8(11)10(13)3-5-15-6-4-10/h7H,3-6H2,1-2H3,(H2,11,12,14). The average Bonchev–Trinajstić information content (AvgIpc) is 2.39. The minimum atomic E-state index is -0.427. The van der Waals surface area contributed by atoms with Crippen LogP contribution in [0.15, 0.2) is 0 Å². The van der Waals surface area contributed by atoms with Crippen LogP contribution >= 0.6 is 0 Å². The summed E-state index contributed by atoms with van der Waals surface area (Å²) in [7, 11) is 0. The van der Waals surface area contributed by atoms with E-state index >= 15 is 0 Å². The molecule has 2 aliphatic rings. The highest BCUT2D eigenvalue weighted by atomic mass is 16.5. The lowest BCUT2D eigenvalue weighted by atomic mass is 9.87. The molecule has 0 saturated carbocycles. The van der Waals surface area contributed by atoms with Gasteiger partial charge in [-0.25, -0.2) is 4.79 Å². The molecule has 2 fully saturated rings. The molecule has 0 unspecified atom stereocenters. The van der Waals surface area contributed by atoms with E-state index in [1.807, 2.05) is 13.8 Å². The van der Waals surface area contributed by atoms with E-state index in [9.17, 15) is 4.79 Å². The molecule has 5 nitrogen and oxygen atoms in total. The minimum Gasteiger partial charge on any atom is -0.381 e. The van der Waals surface area contributed by atoms with Gasteiger partial charge in [-0.2, -0.15) is 0 Å². The molecule has 2 aliphatic heterocycles. The number of amides is 2. The summed E-state index contributed by atoms with van der Waals surface area (Å²) in [5, 5.41) is 10.5. The van der Waals surface area contributed by atoms with Gasteiger partial charge in [0.2, 0.25) is 0 Å². The minimum absolute atomic E-state index is 0.117. The molecule has 0 aromatic heterocycles. The van der Waals surface area contributed by atoms with Gasteiger partial charge in [0.05, 0.1) is 0 Å². The fourth-order valence-electron chi connectivity index (χ4n) is 2.53. The predicted octanol–water partition coefficient (Wildman–Crippen LogP) is 0.946. The van der Waals surface area contributed by atoms with Gasteiger partial charge in [0.25, 0.3) is 0 Å². The Morgan fingerprint density at radius 2 is 2.07 bits per heavy atom. The van der Waals surface area contributed by atoms with Gasteiger partial charge in [0, 0.05) is 32.1 Å². The van der Waals surface area contributed by atoms with E-state index in [2.05, 4.69) is 5.32 Å². The zero-order valence-electron chi connectivity index (χ0n) is 9.17. The molecule has 1 spiro atoms. The number of rotatable bonds is 1. The van der Waals surface area contributed by atoms with E-state index in [0.717, 1.165) is 12.8 Å². The molecule has 2 rings (SSSR count). The van der Waals surface area contributed by atoms with Crippen LogP contribution in [-0.2, 0) is 4.74 Å². The molecule has 0 aromatic carbocycles. The van der Waals surface area contributed by atoms with Gasteiger partial charge >= 0.3 is 6.03 Å². The number of hydrogen-bond donors (Lipinski definition) is 2. The van der Waals surface area contributed by atoms with Crippen molar-refractivity contribution in [2.24, 2.45) is 0 Å². The van der Waals surface area contributed by atoms with Gasteiger partial charge in [0.1, 0.15) is 11.4 Å². The zero-order chi connectivity index (χ0) is 11.1. The fourth-order valence-corrected chi connectivity index (χ4v) is 2.53. The number of urea groups is 1. The van der Waals surface area contributed by atoms with E-state index in [1.165, 1.54) is 0 Å². The largest absolute Gasteiger partial charge is 0.381 e. The predicted molar refractivity (Wildman–Crippen MR) is 56.0 cm³/mol. The Bertz CT molecular complexity index is 295. The number of amidine groups is 1. The molecule has 0 aromatic rings. The number of nitrogens with one attached hydrogen (secondary N) is 2. The molecular weight excluding hydrogens is 194 g/mol. The maximum atomic E-state index is 11.7. The summed E-state index contributed by atoms with van der Waals surface area (Å²) in [6.45, 7) is 5.21. The smallest absolute Gasteiger partial charge is 0.323 e. The normalized spacial score (nSPS) is 25.1. The first-order valence-corrected chi connectivity index (χ1v) is 5.35. The maximum absolute atomic E-state index is 11.7. The van der Waals surface area contributed by atoms with Gasteiger partial charge < -0.3 is 9.64 Å². The van der Waals surface area contributed by atoms with Crippen molar-refractivity contribution in [1.29, 1.82) is 5.41 Å². The summed E-state index contributed by atoms with van der Waals surface area (Å²) < 4.78 is 5.31. The first-order chi connectivity index (χ1) is 7.08. The second kappa shape index (κ2) is 3.48. The third-order valence-electron chi connectivity index (χ3n) is 3.21. The van der Waals surface area contributed by atoms with Crippen LogP contribution in [0.2, 0.25) is 0 Å². The van der Waals surface area contributed by atoms with Crippen molar-refractivity contribution in [3.05, 3.63) is 0 Å². The summed E-state index contributed by atoms with van der Waals surface area (Å²) in [5.74, 6) is 0.338. The highest BCUT2D eigenvalue weighted by Crippen LogP contribution is 2.33. The van der Waals surface area contributed by atoms with E-state index in [1.54, 1.807) is 4.90 Å². The second-order valence-electron chi connectivity index (χ2n) is 4.41. The van der Waals surface area contributed by atoms with Crippen LogP contribution in [0.3, 0.4) is 0 Å². The first kappa shape index (κ1) is 10.4. The Hall–Kier alpha value is -1.10. The second-order valence-corrected chi connectivity index (χ2v) is 4.41. The van der Waals surface area contributed by atoms with Gasteiger partial charge in [-0.1, -0.05) is 0 Å². The Morgan fingerprint density at radius 3 is 2.60 bits per heavy atom. The van der Waals surface area contributed by atoms with Gasteiger partial charge in [-0.05, 0) is 13.8 Å². The quantitative estimate of drug-likeness (QED) is 0.678. The SMILES string of the molecule is CC(C)N1C(=O)NC(=N)C12CCOCC2. The van der Waals surface area contributed by atoms with Gasteiger partial charge in [0.15, 0.2) is 0 Å². The molecular formula is C10H17N3O2. The average molecular weight is 211 g/mol. The van der Waals surface area contributed by atoms with Crippen molar-refractivity contribution >= 4 is 11.9 Å². The van der Waals surface area contributed by atoms with Crippen LogP contribution in [0.25, 0.3) is 0 Å². The molecule has 5 heteroatoms. The molecule has 2 heterocycles. The summed E-state index contributed by atoms with van der Waals surface area (Å²) >= 11 is 0. The number of nitrogens with zero attached hydrogens (tertiary/aromatic N) is 1. The van der Waals surface area contributed by atoms with Crippen molar-refractivity contribution in [2.75, 3.05) is 13.2 Å². The zero-order valence-corrected chi connectivity index (χ0v) is 9.17. The van der Waals surface area contributed by atoms with Crippen molar-refractivity contribution in [1.82, 2.24) is 10.2 Å². The summed E-state index contributed by atoms with van der Waals surface area (Å²) in [6, 6.07) is -0.0251. The lowest BCUT2D eigenvalue weighted by molar-refractivity contribution is 0.0204. The van der Waals surface area contributed by atoms with E-state index in [0.29, 0.717) is 19.0 Å². The van der Waals surface area contributed by atoms with Crippen LogP contribution in [0, 0.1) is 5.41 Å². The highest BCUT2D eigenvalue weighted by Gasteiger charge is 2.51. The Morgan fingerprint density at radius 1 is 1.47 bits per heavy atom. The molecule has 0 atom stereocenters. The highest BCUT2D eigenvalue weighted by molar-refractivity contribution is 6.08. The van der Waals surface area contributed by atoms with E-state index in [-0.39, 0.29) is 12.1 Å². The van der Waals surface area contributed by atoms with Gasteiger partial charge in [-0.15, -0.1) is 0 Å². The summed E-state index contributed by atoms with van der Waals surface area (Å²) in [5.41, 5.74) is -0.427. The summed E-state index contributed by atoms with van der Waals surface area (Å²) in [4.78, 5) is 13.5. The van der Waals surface area contributed by atoms with Crippen LogP contribution in [-0.4, -0.2) is 41.6 Å².